The van der Waals surface area contributed by atoms with Gasteiger partial charge in [0.2, 0.25) is 0 Å². The second-order valence-electron chi connectivity index (χ2n) is 5.63. The standard InChI is InChI=1S/C17H24N2/c1-14(2)17-6-4-12-19(17)13-16-9-7-15(8-10-16)5-3-11-18/h7-10,14,17H,4,6,11-13,18H2,1-2H3. The third-order valence-electron chi connectivity index (χ3n) is 3.86. The zero-order chi connectivity index (χ0) is 13.7. The van der Waals surface area contributed by atoms with Crippen molar-refractivity contribution in [2.75, 3.05) is 13.1 Å². The van der Waals surface area contributed by atoms with Crippen LogP contribution in [0.15, 0.2) is 24.3 Å². The molecular formula is C17H24N2. The summed E-state index contributed by atoms with van der Waals surface area (Å²) in [6, 6.07) is 9.32. The van der Waals surface area contributed by atoms with Crippen LogP contribution >= 0.6 is 0 Å². The van der Waals surface area contributed by atoms with Crippen LogP contribution in [-0.2, 0) is 6.54 Å². The highest BCUT2D eigenvalue weighted by Gasteiger charge is 2.26. The van der Waals surface area contributed by atoms with E-state index in [0.717, 1.165) is 24.1 Å². The highest BCUT2D eigenvalue weighted by atomic mass is 15.2. The van der Waals surface area contributed by atoms with Crippen molar-refractivity contribution in [2.24, 2.45) is 11.7 Å². The molecule has 102 valence electrons. The van der Waals surface area contributed by atoms with Crippen LogP contribution in [0.5, 0.6) is 0 Å². The van der Waals surface area contributed by atoms with Crippen LogP contribution in [-0.4, -0.2) is 24.0 Å². The fourth-order valence-electron chi connectivity index (χ4n) is 2.88. The van der Waals surface area contributed by atoms with Crippen molar-refractivity contribution >= 4 is 0 Å². The zero-order valence-corrected chi connectivity index (χ0v) is 12.0. The normalized spacial score (nSPS) is 19.5. The maximum absolute atomic E-state index is 5.38. The first-order chi connectivity index (χ1) is 9.20. The van der Waals surface area contributed by atoms with E-state index in [1.165, 1.54) is 24.9 Å². The minimum Gasteiger partial charge on any atom is -0.320 e. The molecule has 1 heterocycles. The molecule has 0 bridgehead atoms. The van der Waals surface area contributed by atoms with E-state index in [9.17, 15) is 0 Å². The number of benzene rings is 1. The summed E-state index contributed by atoms with van der Waals surface area (Å²) >= 11 is 0. The molecule has 0 aromatic heterocycles. The van der Waals surface area contributed by atoms with E-state index in [-0.39, 0.29) is 0 Å². The Morgan fingerprint density at radius 2 is 2.05 bits per heavy atom. The summed E-state index contributed by atoms with van der Waals surface area (Å²) in [5.41, 5.74) is 7.81. The van der Waals surface area contributed by atoms with Crippen molar-refractivity contribution in [1.29, 1.82) is 0 Å². The largest absolute Gasteiger partial charge is 0.320 e. The molecule has 1 aliphatic rings. The van der Waals surface area contributed by atoms with Gasteiger partial charge in [0.25, 0.3) is 0 Å². The van der Waals surface area contributed by atoms with E-state index in [1.807, 2.05) is 0 Å². The molecule has 0 radical (unpaired) electrons. The SMILES string of the molecule is CC(C)C1CCCN1Cc1ccc(C#CCN)cc1. The van der Waals surface area contributed by atoms with Gasteiger partial charge in [0.1, 0.15) is 0 Å². The maximum atomic E-state index is 5.38. The molecule has 1 fully saturated rings. The molecule has 0 amide bonds. The number of rotatable bonds is 3. The monoisotopic (exact) mass is 256 g/mol. The van der Waals surface area contributed by atoms with Crippen molar-refractivity contribution in [2.45, 2.75) is 39.3 Å². The quantitative estimate of drug-likeness (QED) is 0.842. The van der Waals surface area contributed by atoms with Gasteiger partial charge < -0.3 is 5.73 Å². The van der Waals surface area contributed by atoms with Crippen molar-refractivity contribution in [3.8, 4) is 11.8 Å². The van der Waals surface area contributed by atoms with Crippen LogP contribution in [0.1, 0.15) is 37.8 Å². The predicted octanol–water partition coefficient (Wildman–Crippen LogP) is 2.62. The molecule has 1 aromatic carbocycles. The minimum absolute atomic E-state index is 0.422. The number of nitrogens with zero attached hydrogens (tertiary/aromatic N) is 1. The molecule has 0 saturated carbocycles. The molecule has 1 aromatic rings. The van der Waals surface area contributed by atoms with Crippen LogP contribution < -0.4 is 5.73 Å². The Morgan fingerprint density at radius 1 is 1.32 bits per heavy atom. The highest BCUT2D eigenvalue weighted by molar-refractivity contribution is 5.36. The second kappa shape index (κ2) is 6.75. The van der Waals surface area contributed by atoms with Gasteiger partial charge in [-0.05, 0) is 43.0 Å². The summed E-state index contributed by atoms with van der Waals surface area (Å²) in [6.07, 6.45) is 2.68. The fourth-order valence-corrected chi connectivity index (χ4v) is 2.88. The van der Waals surface area contributed by atoms with Gasteiger partial charge in [-0.2, -0.15) is 0 Å². The van der Waals surface area contributed by atoms with Gasteiger partial charge in [-0.25, -0.2) is 0 Å². The van der Waals surface area contributed by atoms with Gasteiger partial charge in [-0.1, -0.05) is 37.8 Å². The first kappa shape index (κ1) is 14.1. The molecule has 1 unspecified atom stereocenters. The molecule has 2 nitrogen and oxygen atoms in total. The molecule has 0 aliphatic carbocycles. The lowest BCUT2D eigenvalue weighted by molar-refractivity contribution is 0.199. The summed E-state index contributed by atoms with van der Waals surface area (Å²) < 4.78 is 0. The average molecular weight is 256 g/mol. The fraction of sp³-hybridized carbons (Fsp3) is 0.529. The average Bonchev–Trinajstić information content (AvgIpc) is 2.86. The van der Waals surface area contributed by atoms with Crippen molar-refractivity contribution in [1.82, 2.24) is 4.90 Å². The molecule has 19 heavy (non-hydrogen) atoms. The van der Waals surface area contributed by atoms with Gasteiger partial charge in [0, 0.05) is 18.2 Å². The van der Waals surface area contributed by atoms with Crippen LogP contribution in [0, 0.1) is 17.8 Å². The van der Waals surface area contributed by atoms with Crippen LogP contribution in [0.2, 0.25) is 0 Å². The summed E-state index contributed by atoms with van der Waals surface area (Å²) in [5, 5.41) is 0. The minimum atomic E-state index is 0.422. The predicted molar refractivity (Wildman–Crippen MR) is 80.6 cm³/mol. The molecular weight excluding hydrogens is 232 g/mol. The van der Waals surface area contributed by atoms with Gasteiger partial charge in [-0.3, -0.25) is 4.90 Å². The Morgan fingerprint density at radius 3 is 2.68 bits per heavy atom. The molecule has 1 saturated heterocycles. The first-order valence-corrected chi connectivity index (χ1v) is 7.22. The van der Waals surface area contributed by atoms with E-state index >= 15 is 0 Å². The van der Waals surface area contributed by atoms with Crippen LogP contribution in [0.25, 0.3) is 0 Å². The zero-order valence-electron chi connectivity index (χ0n) is 12.0. The van der Waals surface area contributed by atoms with Crippen molar-refractivity contribution in [3.05, 3.63) is 35.4 Å². The van der Waals surface area contributed by atoms with E-state index in [1.54, 1.807) is 0 Å². The van der Waals surface area contributed by atoms with Gasteiger partial charge in [0.05, 0.1) is 6.54 Å². The van der Waals surface area contributed by atoms with Gasteiger partial charge >= 0.3 is 0 Å². The molecule has 2 N–H and O–H groups in total. The number of hydrogen-bond acceptors (Lipinski definition) is 2. The molecule has 2 heteroatoms. The molecule has 2 rings (SSSR count). The topological polar surface area (TPSA) is 29.3 Å². The Kier molecular flexibility index (Phi) is 5.01. The van der Waals surface area contributed by atoms with Gasteiger partial charge in [0.15, 0.2) is 0 Å². The summed E-state index contributed by atoms with van der Waals surface area (Å²) in [6.45, 7) is 7.37. The molecule has 1 atom stereocenters. The third-order valence-corrected chi connectivity index (χ3v) is 3.86. The maximum Gasteiger partial charge on any atom is 0.0555 e. The number of likely N-dealkylation sites (tertiary alicyclic amines) is 1. The Balaban J connectivity index is 1.99. The van der Waals surface area contributed by atoms with E-state index < -0.39 is 0 Å². The second-order valence-corrected chi connectivity index (χ2v) is 5.63. The lowest BCUT2D eigenvalue weighted by Gasteiger charge is -2.27. The molecule has 1 aliphatic heterocycles. The highest BCUT2D eigenvalue weighted by Crippen LogP contribution is 2.25. The smallest absolute Gasteiger partial charge is 0.0555 e. The first-order valence-electron chi connectivity index (χ1n) is 7.22. The summed E-state index contributed by atoms with van der Waals surface area (Å²) in [7, 11) is 0. The molecule has 0 spiro atoms. The Bertz CT molecular complexity index is 450. The van der Waals surface area contributed by atoms with Crippen molar-refractivity contribution < 1.29 is 0 Å². The van der Waals surface area contributed by atoms with Gasteiger partial charge in [-0.15, -0.1) is 0 Å². The van der Waals surface area contributed by atoms with Crippen LogP contribution in [0.4, 0.5) is 0 Å². The summed E-state index contributed by atoms with van der Waals surface area (Å²) in [5.74, 6) is 6.70. The Labute approximate surface area is 117 Å². The lowest BCUT2D eigenvalue weighted by Crippen LogP contribution is -2.32. The van der Waals surface area contributed by atoms with Crippen LogP contribution in [0.3, 0.4) is 0 Å². The third kappa shape index (κ3) is 3.83. The lowest BCUT2D eigenvalue weighted by atomic mass is 10.0. The van der Waals surface area contributed by atoms with E-state index in [2.05, 4.69) is 54.9 Å². The number of nitrogens with two attached hydrogens (primary N) is 1. The number of hydrogen-bond donors (Lipinski definition) is 1. The van der Waals surface area contributed by atoms with Crippen molar-refractivity contribution in [3.63, 3.8) is 0 Å². The summed E-state index contributed by atoms with van der Waals surface area (Å²) in [4.78, 5) is 2.62. The van der Waals surface area contributed by atoms with E-state index in [4.69, 9.17) is 5.73 Å². The van der Waals surface area contributed by atoms with E-state index in [0.29, 0.717) is 6.54 Å². The Hall–Kier alpha value is -1.30.